The van der Waals surface area contributed by atoms with Gasteiger partial charge < -0.3 is 5.73 Å². The lowest BCUT2D eigenvalue weighted by molar-refractivity contribution is 0.477. The van der Waals surface area contributed by atoms with Crippen LogP contribution in [0.1, 0.15) is 42.9 Å². The van der Waals surface area contributed by atoms with Gasteiger partial charge in [0.1, 0.15) is 0 Å². The van der Waals surface area contributed by atoms with Gasteiger partial charge in [-0.05, 0) is 24.3 Å². The van der Waals surface area contributed by atoms with Crippen LogP contribution in [0, 0.1) is 5.92 Å². The minimum Gasteiger partial charge on any atom is -0.375 e. The Labute approximate surface area is 112 Å². The number of nitrogens with zero attached hydrogens (tertiary/aromatic N) is 1. The molecule has 0 bridgehead atoms. The van der Waals surface area contributed by atoms with E-state index in [-0.39, 0.29) is 0 Å². The van der Waals surface area contributed by atoms with Gasteiger partial charge in [-0.2, -0.15) is 0 Å². The third-order valence-electron chi connectivity index (χ3n) is 3.89. The van der Waals surface area contributed by atoms with Crippen molar-refractivity contribution in [2.75, 3.05) is 5.73 Å². The zero-order chi connectivity index (χ0) is 12.4. The van der Waals surface area contributed by atoms with Gasteiger partial charge in [-0.15, -0.1) is 11.3 Å². The van der Waals surface area contributed by atoms with E-state index in [0.717, 1.165) is 11.6 Å². The van der Waals surface area contributed by atoms with Crippen LogP contribution in [0.15, 0.2) is 35.7 Å². The van der Waals surface area contributed by atoms with Gasteiger partial charge in [0, 0.05) is 11.3 Å². The highest BCUT2D eigenvalue weighted by Crippen LogP contribution is 2.41. The van der Waals surface area contributed by atoms with Gasteiger partial charge >= 0.3 is 0 Å². The average molecular weight is 258 g/mol. The van der Waals surface area contributed by atoms with Crippen LogP contribution in [-0.4, -0.2) is 4.98 Å². The average Bonchev–Trinajstić information content (AvgIpc) is 3.04. The summed E-state index contributed by atoms with van der Waals surface area (Å²) < 4.78 is 0. The third-order valence-corrected chi connectivity index (χ3v) is 4.58. The van der Waals surface area contributed by atoms with E-state index in [1.165, 1.54) is 31.2 Å². The van der Waals surface area contributed by atoms with Gasteiger partial charge in [-0.1, -0.05) is 43.2 Å². The minimum absolute atomic E-state index is 0.433. The molecule has 0 spiro atoms. The number of hydrogen-bond acceptors (Lipinski definition) is 3. The van der Waals surface area contributed by atoms with Crippen molar-refractivity contribution in [2.45, 2.75) is 31.6 Å². The second-order valence-corrected chi connectivity index (χ2v) is 5.93. The highest BCUT2D eigenvalue weighted by molar-refractivity contribution is 7.13. The monoisotopic (exact) mass is 258 g/mol. The van der Waals surface area contributed by atoms with Crippen LogP contribution in [0.5, 0.6) is 0 Å². The first-order valence-corrected chi connectivity index (χ1v) is 7.48. The highest BCUT2D eigenvalue weighted by Gasteiger charge is 2.29. The minimum atomic E-state index is 0.433. The lowest BCUT2D eigenvalue weighted by Crippen LogP contribution is -2.12. The van der Waals surface area contributed by atoms with Crippen molar-refractivity contribution in [3.8, 4) is 0 Å². The summed E-state index contributed by atoms with van der Waals surface area (Å²) in [7, 11) is 0. The number of benzene rings is 1. The number of hydrogen-bond donors (Lipinski definition) is 1. The van der Waals surface area contributed by atoms with Crippen molar-refractivity contribution in [1.29, 1.82) is 0 Å². The van der Waals surface area contributed by atoms with Crippen LogP contribution in [0.25, 0.3) is 0 Å². The fourth-order valence-electron chi connectivity index (χ4n) is 3.08. The maximum Gasteiger partial charge on any atom is 0.180 e. The summed E-state index contributed by atoms with van der Waals surface area (Å²) in [4.78, 5) is 4.53. The Morgan fingerprint density at radius 1 is 1.17 bits per heavy atom. The summed E-state index contributed by atoms with van der Waals surface area (Å²) in [6.07, 6.45) is 5.34. The Morgan fingerprint density at radius 3 is 2.50 bits per heavy atom. The van der Waals surface area contributed by atoms with Gasteiger partial charge in [0.2, 0.25) is 0 Å². The quantitative estimate of drug-likeness (QED) is 0.902. The Morgan fingerprint density at radius 2 is 1.89 bits per heavy atom. The SMILES string of the molecule is Nc1nc(C(c2ccccc2)C2CCCC2)cs1. The second-order valence-electron chi connectivity index (χ2n) is 5.04. The smallest absolute Gasteiger partial charge is 0.180 e. The first-order valence-electron chi connectivity index (χ1n) is 6.60. The Kier molecular flexibility index (Phi) is 3.33. The molecule has 1 aromatic heterocycles. The predicted octanol–water partition coefficient (Wildman–Crippen LogP) is 4.05. The van der Waals surface area contributed by atoms with Crippen molar-refractivity contribution in [3.05, 3.63) is 47.0 Å². The molecule has 1 fully saturated rings. The van der Waals surface area contributed by atoms with E-state index in [4.69, 9.17) is 5.73 Å². The van der Waals surface area contributed by atoms with E-state index in [1.807, 2.05) is 0 Å². The molecule has 2 N–H and O–H groups in total. The molecule has 3 rings (SSSR count). The first kappa shape index (κ1) is 11.7. The number of anilines is 1. The van der Waals surface area contributed by atoms with E-state index in [1.54, 1.807) is 11.3 Å². The molecule has 1 aliphatic rings. The van der Waals surface area contributed by atoms with Crippen LogP contribution in [-0.2, 0) is 0 Å². The van der Waals surface area contributed by atoms with Crippen LogP contribution in [0.2, 0.25) is 0 Å². The van der Waals surface area contributed by atoms with Gasteiger partial charge in [0.05, 0.1) is 5.69 Å². The summed E-state index contributed by atoms with van der Waals surface area (Å²) in [6, 6.07) is 10.8. The lowest BCUT2D eigenvalue weighted by Gasteiger charge is -2.22. The molecule has 94 valence electrons. The molecule has 2 nitrogen and oxygen atoms in total. The van der Waals surface area contributed by atoms with Gasteiger partial charge in [-0.3, -0.25) is 0 Å². The molecular formula is C15H18N2S. The van der Waals surface area contributed by atoms with Crippen molar-refractivity contribution in [1.82, 2.24) is 4.98 Å². The predicted molar refractivity (Wildman–Crippen MR) is 76.8 cm³/mol. The fraction of sp³-hybridized carbons (Fsp3) is 0.400. The number of rotatable bonds is 3. The van der Waals surface area contributed by atoms with Crippen molar-refractivity contribution >= 4 is 16.5 Å². The Balaban J connectivity index is 1.98. The van der Waals surface area contributed by atoms with E-state index in [9.17, 15) is 0 Å². The van der Waals surface area contributed by atoms with Crippen LogP contribution in [0.4, 0.5) is 5.13 Å². The maximum absolute atomic E-state index is 5.80. The molecule has 1 aromatic carbocycles. The Bertz CT molecular complexity index is 500. The molecule has 1 atom stereocenters. The van der Waals surface area contributed by atoms with E-state index >= 15 is 0 Å². The Hall–Kier alpha value is -1.35. The fourth-order valence-corrected chi connectivity index (χ4v) is 3.68. The second kappa shape index (κ2) is 5.11. The topological polar surface area (TPSA) is 38.9 Å². The van der Waals surface area contributed by atoms with E-state index < -0.39 is 0 Å². The van der Waals surface area contributed by atoms with Crippen molar-refractivity contribution in [3.63, 3.8) is 0 Å². The number of nitrogens with two attached hydrogens (primary N) is 1. The normalized spacial score (nSPS) is 18.0. The summed E-state index contributed by atoms with van der Waals surface area (Å²) >= 11 is 1.55. The molecule has 0 amide bonds. The molecule has 18 heavy (non-hydrogen) atoms. The molecule has 3 heteroatoms. The molecule has 1 saturated carbocycles. The van der Waals surface area contributed by atoms with Gasteiger partial charge in [0.25, 0.3) is 0 Å². The zero-order valence-corrected chi connectivity index (χ0v) is 11.2. The zero-order valence-electron chi connectivity index (χ0n) is 10.4. The molecule has 1 heterocycles. The molecule has 0 aliphatic heterocycles. The lowest BCUT2D eigenvalue weighted by atomic mass is 9.83. The number of aromatic nitrogens is 1. The van der Waals surface area contributed by atoms with Gasteiger partial charge in [0.15, 0.2) is 5.13 Å². The highest BCUT2D eigenvalue weighted by atomic mass is 32.1. The van der Waals surface area contributed by atoms with Crippen molar-refractivity contribution < 1.29 is 0 Å². The van der Waals surface area contributed by atoms with Gasteiger partial charge in [-0.25, -0.2) is 4.98 Å². The summed E-state index contributed by atoms with van der Waals surface area (Å²) in [5.74, 6) is 1.16. The summed E-state index contributed by atoms with van der Waals surface area (Å²) in [5, 5.41) is 2.81. The third kappa shape index (κ3) is 2.27. The molecule has 1 unspecified atom stereocenters. The van der Waals surface area contributed by atoms with Crippen LogP contribution >= 0.6 is 11.3 Å². The number of thiazole rings is 1. The molecule has 0 saturated heterocycles. The first-order chi connectivity index (χ1) is 8.84. The largest absolute Gasteiger partial charge is 0.375 e. The standard InChI is InChI=1S/C15H18N2S/c16-15-17-13(10-18-15)14(12-8-4-5-9-12)11-6-2-1-3-7-11/h1-3,6-7,10,12,14H,4-5,8-9H2,(H2,16,17). The molecule has 0 radical (unpaired) electrons. The molecular weight excluding hydrogens is 240 g/mol. The molecule has 2 aromatic rings. The molecule has 1 aliphatic carbocycles. The van der Waals surface area contributed by atoms with Crippen molar-refractivity contribution in [2.24, 2.45) is 5.92 Å². The summed E-state index contributed by atoms with van der Waals surface area (Å²) in [6.45, 7) is 0. The number of nitrogen functional groups attached to an aromatic ring is 1. The maximum atomic E-state index is 5.80. The van der Waals surface area contributed by atoms with E-state index in [0.29, 0.717) is 11.0 Å². The summed E-state index contributed by atoms with van der Waals surface area (Å²) in [5.41, 5.74) is 8.35. The van der Waals surface area contributed by atoms with Crippen LogP contribution < -0.4 is 5.73 Å². The van der Waals surface area contributed by atoms with E-state index in [2.05, 4.69) is 40.7 Å². The van der Waals surface area contributed by atoms with Crippen LogP contribution in [0.3, 0.4) is 0 Å².